The molecule has 104 valence electrons. The van der Waals surface area contributed by atoms with Gasteiger partial charge >= 0.3 is 0 Å². The smallest absolute Gasteiger partial charge is 0.168 e. The quantitative estimate of drug-likeness (QED) is 0.370. The number of allylic oxidation sites excluding steroid dienone is 2. The Labute approximate surface area is 119 Å². The van der Waals surface area contributed by atoms with Crippen LogP contribution < -0.4 is 4.57 Å². The fraction of sp³-hybridized carbons (Fsp3) is 0.222. The Bertz CT molecular complexity index is 363. The summed E-state index contributed by atoms with van der Waals surface area (Å²) in [5, 5.41) is 0. The van der Waals surface area contributed by atoms with Gasteiger partial charge in [0.2, 0.25) is 0 Å². The van der Waals surface area contributed by atoms with Crippen LogP contribution in [0.25, 0.3) is 0 Å². The molecule has 1 nitrogen and oxygen atoms in total. The van der Waals surface area contributed by atoms with Crippen molar-refractivity contribution in [2.75, 3.05) is 0 Å². The van der Waals surface area contributed by atoms with Gasteiger partial charge in [-0.25, -0.2) is 4.57 Å². The van der Waals surface area contributed by atoms with E-state index in [-0.39, 0.29) is 7.43 Å². The first-order chi connectivity index (χ1) is 8.70. The molecule has 1 heteroatoms. The first-order valence-corrected chi connectivity index (χ1v) is 6.20. The van der Waals surface area contributed by atoms with E-state index in [2.05, 4.69) is 19.1 Å². The maximum absolute atomic E-state index is 2.08. The standard InChI is InChI=1S/C7H8.C6H8N.C4H8.CH3/c2*1-7-5-3-2-4-6-7;1-3-4-2;/h2*2-6H,1H3;3-4H,1-2H3;1H3/q;+1;;-1/b;;4-3+;. The number of aromatic nitrogens is 1. The van der Waals surface area contributed by atoms with Crippen LogP contribution in [0, 0.1) is 14.4 Å². The molecule has 0 fully saturated rings. The van der Waals surface area contributed by atoms with Gasteiger partial charge in [0.05, 0.1) is 0 Å². The molecule has 1 heterocycles. The number of pyridine rings is 1. The molecule has 1 aromatic heterocycles. The van der Waals surface area contributed by atoms with E-state index in [1.807, 2.05) is 86.4 Å². The maximum atomic E-state index is 2.08. The summed E-state index contributed by atoms with van der Waals surface area (Å²) in [7, 11) is 2.00. The molecule has 0 N–H and O–H groups in total. The summed E-state index contributed by atoms with van der Waals surface area (Å²) >= 11 is 0. The molecule has 0 atom stereocenters. The van der Waals surface area contributed by atoms with E-state index in [9.17, 15) is 0 Å². The number of hydrogen-bond donors (Lipinski definition) is 0. The highest BCUT2D eigenvalue weighted by Gasteiger charge is 1.78. The third-order valence-electron chi connectivity index (χ3n) is 2.14. The van der Waals surface area contributed by atoms with Gasteiger partial charge in [-0.1, -0.05) is 54.1 Å². The van der Waals surface area contributed by atoms with Gasteiger partial charge in [0.25, 0.3) is 0 Å². The van der Waals surface area contributed by atoms with Crippen molar-refractivity contribution in [1.82, 2.24) is 0 Å². The summed E-state index contributed by atoms with van der Waals surface area (Å²) in [4.78, 5) is 0. The van der Waals surface area contributed by atoms with Crippen molar-refractivity contribution in [3.8, 4) is 0 Å². The molecule has 2 rings (SSSR count). The minimum atomic E-state index is 0. The molecular weight excluding hydrogens is 230 g/mol. The molecule has 0 bridgehead atoms. The monoisotopic (exact) mass is 257 g/mol. The third-order valence-corrected chi connectivity index (χ3v) is 2.14. The first kappa shape index (κ1) is 19.4. The van der Waals surface area contributed by atoms with Crippen LogP contribution in [0.15, 0.2) is 73.1 Å². The summed E-state index contributed by atoms with van der Waals surface area (Å²) < 4.78 is 2.00. The number of aryl methyl sites for hydroxylation is 2. The van der Waals surface area contributed by atoms with Crippen molar-refractivity contribution >= 4 is 0 Å². The van der Waals surface area contributed by atoms with Crippen molar-refractivity contribution < 1.29 is 4.57 Å². The molecule has 0 aliphatic rings. The topological polar surface area (TPSA) is 3.88 Å². The van der Waals surface area contributed by atoms with Gasteiger partial charge in [0, 0.05) is 12.1 Å². The molecule has 0 saturated carbocycles. The molecule has 0 amide bonds. The largest absolute Gasteiger partial charge is 0.358 e. The molecule has 1 aromatic carbocycles. The Balaban J connectivity index is 0. The van der Waals surface area contributed by atoms with Crippen molar-refractivity contribution in [2.45, 2.75) is 20.8 Å². The third kappa shape index (κ3) is 14.0. The van der Waals surface area contributed by atoms with E-state index in [0.717, 1.165) is 0 Å². The van der Waals surface area contributed by atoms with Gasteiger partial charge in [-0.2, -0.15) is 0 Å². The lowest BCUT2D eigenvalue weighted by molar-refractivity contribution is -0.671. The number of nitrogens with zero attached hydrogens (tertiary/aromatic N) is 1. The Hall–Kier alpha value is -1.89. The van der Waals surface area contributed by atoms with E-state index in [1.165, 1.54) is 5.56 Å². The number of rotatable bonds is 0. The first-order valence-electron chi connectivity index (χ1n) is 6.20. The van der Waals surface area contributed by atoms with Crippen molar-refractivity contribution in [2.24, 2.45) is 7.05 Å². The predicted octanol–water partition coefficient (Wildman–Crippen LogP) is 4.54. The zero-order chi connectivity index (χ0) is 13.6. The minimum absolute atomic E-state index is 0. The Kier molecular flexibility index (Phi) is 14.5. The van der Waals surface area contributed by atoms with E-state index in [4.69, 9.17) is 0 Å². The van der Waals surface area contributed by atoms with Gasteiger partial charge in [-0.3, -0.25) is 0 Å². The van der Waals surface area contributed by atoms with Crippen LogP contribution in [0.5, 0.6) is 0 Å². The van der Waals surface area contributed by atoms with Crippen molar-refractivity contribution in [1.29, 1.82) is 0 Å². The zero-order valence-electron chi connectivity index (χ0n) is 12.9. The molecule has 0 saturated heterocycles. The summed E-state index contributed by atoms with van der Waals surface area (Å²) in [6, 6.07) is 16.3. The molecule has 2 aromatic rings. The van der Waals surface area contributed by atoms with Crippen LogP contribution in [0.3, 0.4) is 0 Å². The van der Waals surface area contributed by atoms with E-state index in [1.54, 1.807) is 0 Å². The summed E-state index contributed by atoms with van der Waals surface area (Å²) in [6.07, 6.45) is 8.00. The molecular formula is C18H27N. The van der Waals surface area contributed by atoms with Crippen LogP contribution in [0.2, 0.25) is 0 Å². The summed E-state index contributed by atoms with van der Waals surface area (Å²) in [6.45, 7) is 6.08. The molecule has 19 heavy (non-hydrogen) atoms. The van der Waals surface area contributed by atoms with Gasteiger partial charge in [0.15, 0.2) is 12.4 Å². The fourth-order valence-corrected chi connectivity index (χ4v) is 1.02. The highest BCUT2D eigenvalue weighted by molar-refractivity contribution is 5.11. The average molecular weight is 257 g/mol. The summed E-state index contributed by atoms with van der Waals surface area (Å²) in [5.74, 6) is 0. The lowest BCUT2D eigenvalue weighted by Crippen LogP contribution is -2.25. The second kappa shape index (κ2) is 14.2. The molecule has 0 spiro atoms. The SMILES string of the molecule is C/C=C/C.C[n+]1ccccc1.Cc1ccccc1.[CH3-]. The van der Waals surface area contributed by atoms with Crippen LogP contribution in [0.1, 0.15) is 19.4 Å². The Morgan fingerprint density at radius 1 is 0.789 bits per heavy atom. The Morgan fingerprint density at radius 3 is 1.42 bits per heavy atom. The summed E-state index contributed by atoms with van der Waals surface area (Å²) in [5.41, 5.74) is 1.32. The second-order valence-electron chi connectivity index (χ2n) is 3.86. The molecule has 0 radical (unpaired) electrons. The normalized spacial score (nSPS) is 8.42. The maximum Gasteiger partial charge on any atom is 0.168 e. The number of benzene rings is 1. The number of hydrogen-bond acceptors (Lipinski definition) is 0. The highest BCUT2D eigenvalue weighted by Crippen LogP contribution is 1.92. The van der Waals surface area contributed by atoms with Crippen LogP contribution in [-0.4, -0.2) is 0 Å². The predicted molar refractivity (Wildman–Crippen MR) is 85.7 cm³/mol. The van der Waals surface area contributed by atoms with Crippen LogP contribution in [-0.2, 0) is 7.05 Å². The van der Waals surface area contributed by atoms with E-state index in [0.29, 0.717) is 0 Å². The van der Waals surface area contributed by atoms with Gasteiger partial charge < -0.3 is 7.43 Å². The van der Waals surface area contributed by atoms with Crippen LogP contribution in [0.4, 0.5) is 0 Å². The van der Waals surface area contributed by atoms with E-state index >= 15 is 0 Å². The van der Waals surface area contributed by atoms with Crippen molar-refractivity contribution in [3.05, 3.63) is 86.1 Å². The Morgan fingerprint density at radius 2 is 1.21 bits per heavy atom. The van der Waals surface area contributed by atoms with E-state index < -0.39 is 0 Å². The average Bonchev–Trinajstić information content (AvgIpc) is 2.41. The molecule has 0 unspecified atom stereocenters. The lowest BCUT2D eigenvalue weighted by atomic mass is 10.2. The second-order valence-corrected chi connectivity index (χ2v) is 3.86. The molecule has 0 aliphatic heterocycles. The highest BCUT2D eigenvalue weighted by atomic mass is 14.9. The van der Waals surface area contributed by atoms with Gasteiger partial charge in [-0.05, 0) is 20.8 Å². The zero-order valence-corrected chi connectivity index (χ0v) is 12.9. The fourth-order valence-electron chi connectivity index (χ4n) is 1.02. The lowest BCUT2D eigenvalue weighted by Gasteiger charge is -1.82. The molecule has 0 aliphatic carbocycles. The van der Waals surface area contributed by atoms with Crippen molar-refractivity contribution in [3.63, 3.8) is 0 Å². The van der Waals surface area contributed by atoms with Gasteiger partial charge in [0.1, 0.15) is 7.05 Å². The van der Waals surface area contributed by atoms with Crippen LogP contribution >= 0.6 is 0 Å². The van der Waals surface area contributed by atoms with Gasteiger partial charge in [-0.15, -0.1) is 0 Å². The minimum Gasteiger partial charge on any atom is -0.358 e.